The Morgan fingerprint density at radius 1 is 1.32 bits per heavy atom. The third-order valence-electron chi connectivity index (χ3n) is 5.78. The zero-order valence-electron chi connectivity index (χ0n) is 15.5. The summed E-state index contributed by atoms with van der Waals surface area (Å²) in [7, 11) is 1.15. The molecule has 0 aliphatic carbocycles. The summed E-state index contributed by atoms with van der Waals surface area (Å²) >= 11 is 6.30. The number of nitrogens with one attached hydrogen (secondary N) is 1. The first-order valence-electron chi connectivity index (χ1n) is 8.68. The van der Waals surface area contributed by atoms with Crippen molar-refractivity contribution in [3.05, 3.63) is 28.3 Å². The lowest BCUT2D eigenvalue weighted by Crippen LogP contribution is -2.62. The predicted octanol–water partition coefficient (Wildman–Crippen LogP) is 1.94. The molecule has 5 nitrogen and oxygen atoms in total. The summed E-state index contributed by atoms with van der Waals surface area (Å²) in [6, 6.07) is 3.43. The lowest BCUT2D eigenvalue weighted by molar-refractivity contribution is -0.0169. The van der Waals surface area contributed by atoms with Gasteiger partial charge in [0.2, 0.25) is 0 Å². The number of carbonyl (C=O) groups excluding carboxylic acids is 1. The van der Waals surface area contributed by atoms with Crippen LogP contribution in [0.1, 0.15) is 56.5 Å². The number of halogens is 1. The van der Waals surface area contributed by atoms with Crippen LogP contribution in [0, 0.1) is 0 Å². The minimum absolute atomic E-state index is 0.00847. The normalized spacial score (nSPS) is 22.8. The van der Waals surface area contributed by atoms with Crippen LogP contribution in [-0.2, 0) is 11.3 Å². The number of rotatable bonds is 2. The molecule has 3 rings (SSSR count). The Morgan fingerprint density at radius 3 is 2.52 bits per heavy atom. The maximum Gasteiger partial charge on any atom is 0.491 e. The van der Waals surface area contributed by atoms with E-state index in [1.54, 1.807) is 12.1 Å². The van der Waals surface area contributed by atoms with E-state index in [1.807, 2.05) is 0 Å². The van der Waals surface area contributed by atoms with Crippen LogP contribution in [-0.4, -0.2) is 47.1 Å². The molecule has 1 aromatic carbocycles. The third kappa shape index (κ3) is 3.45. The molecule has 0 radical (unpaired) electrons. The maximum atomic E-state index is 12.8. The highest BCUT2D eigenvalue weighted by atomic mass is 35.5. The Morgan fingerprint density at radius 2 is 1.92 bits per heavy atom. The van der Waals surface area contributed by atoms with Gasteiger partial charge < -0.3 is 15.0 Å². The minimum atomic E-state index is -0.986. The van der Waals surface area contributed by atoms with E-state index < -0.39 is 7.12 Å². The summed E-state index contributed by atoms with van der Waals surface area (Å²) in [5, 5.41) is 13.4. The van der Waals surface area contributed by atoms with Crippen LogP contribution in [0.15, 0.2) is 12.1 Å². The molecule has 0 saturated carbocycles. The summed E-state index contributed by atoms with van der Waals surface area (Å²) in [5.74, 6) is -0.201. The fourth-order valence-corrected chi connectivity index (χ4v) is 4.43. The summed E-state index contributed by atoms with van der Waals surface area (Å²) in [4.78, 5) is 15.2. The molecule has 1 aromatic rings. The van der Waals surface area contributed by atoms with Crippen molar-refractivity contribution in [2.45, 2.75) is 64.3 Å². The number of likely N-dealkylation sites (tertiary alicyclic amines) is 1. The molecule has 2 heterocycles. The number of hydrogen-bond donors (Lipinski definition) is 2. The Bertz CT molecular complexity index is 690. The van der Waals surface area contributed by atoms with Crippen molar-refractivity contribution in [3.63, 3.8) is 0 Å². The molecule has 1 amide bonds. The second-order valence-corrected chi connectivity index (χ2v) is 8.86. The standard InChI is InChI=1S/C18H26BClN2O3/c1-17(2)8-12(9-18(3,4)22(17)5)21-16(23)13-7-14-11(6-15(13)20)10-25-19(14)24/h6-7,12,24H,8-10H2,1-5H3,(H,21,23). The van der Waals surface area contributed by atoms with Crippen molar-refractivity contribution < 1.29 is 14.5 Å². The number of amides is 1. The van der Waals surface area contributed by atoms with E-state index in [-0.39, 0.29) is 23.0 Å². The largest absolute Gasteiger partial charge is 0.491 e. The summed E-state index contributed by atoms with van der Waals surface area (Å²) in [6.07, 6.45) is 1.74. The van der Waals surface area contributed by atoms with Gasteiger partial charge in [0.05, 0.1) is 17.2 Å². The van der Waals surface area contributed by atoms with Gasteiger partial charge in [0.15, 0.2) is 0 Å². The molecule has 2 aliphatic rings. The molecule has 1 saturated heterocycles. The highest BCUT2D eigenvalue weighted by Crippen LogP contribution is 2.37. The number of carbonyl (C=O) groups is 1. The van der Waals surface area contributed by atoms with E-state index in [4.69, 9.17) is 16.3 Å². The van der Waals surface area contributed by atoms with Gasteiger partial charge in [-0.2, -0.15) is 0 Å². The van der Waals surface area contributed by atoms with Gasteiger partial charge in [-0.25, -0.2) is 0 Å². The highest BCUT2D eigenvalue weighted by Gasteiger charge is 2.43. The predicted molar refractivity (Wildman–Crippen MR) is 100 cm³/mol. The molecule has 0 unspecified atom stereocenters. The molecule has 0 spiro atoms. The zero-order valence-corrected chi connectivity index (χ0v) is 16.3. The van der Waals surface area contributed by atoms with Gasteiger partial charge in [0.1, 0.15) is 0 Å². The van der Waals surface area contributed by atoms with Crippen molar-refractivity contribution in [3.8, 4) is 0 Å². The van der Waals surface area contributed by atoms with E-state index in [9.17, 15) is 9.82 Å². The van der Waals surface area contributed by atoms with Gasteiger partial charge in [-0.15, -0.1) is 0 Å². The number of benzene rings is 1. The molecule has 7 heteroatoms. The number of hydrogen-bond acceptors (Lipinski definition) is 4. The monoisotopic (exact) mass is 364 g/mol. The Kier molecular flexibility index (Phi) is 4.69. The number of piperidine rings is 1. The van der Waals surface area contributed by atoms with E-state index >= 15 is 0 Å². The minimum Gasteiger partial charge on any atom is -0.423 e. The smallest absolute Gasteiger partial charge is 0.423 e. The van der Waals surface area contributed by atoms with Crippen LogP contribution in [0.4, 0.5) is 0 Å². The van der Waals surface area contributed by atoms with Crippen molar-refractivity contribution in [1.82, 2.24) is 10.2 Å². The second kappa shape index (κ2) is 6.27. The molecule has 1 fully saturated rings. The van der Waals surface area contributed by atoms with Crippen LogP contribution in [0.25, 0.3) is 0 Å². The van der Waals surface area contributed by atoms with E-state index in [2.05, 4.69) is 45.0 Å². The first-order valence-corrected chi connectivity index (χ1v) is 9.06. The molecule has 25 heavy (non-hydrogen) atoms. The molecule has 0 aromatic heterocycles. The fourth-order valence-electron chi connectivity index (χ4n) is 4.16. The topological polar surface area (TPSA) is 61.8 Å². The van der Waals surface area contributed by atoms with Gasteiger partial charge in [-0.3, -0.25) is 9.69 Å². The van der Waals surface area contributed by atoms with Crippen LogP contribution in [0.2, 0.25) is 5.02 Å². The number of nitrogens with zero attached hydrogens (tertiary/aromatic N) is 1. The summed E-state index contributed by atoms with van der Waals surface area (Å²) in [6.45, 7) is 9.11. The van der Waals surface area contributed by atoms with Gasteiger partial charge >= 0.3 is 7.12 Å². The third-order valence-corrected chi connectivity index (χ3v) is 6.09. The second-order valence-electron chi connectivity index (χ2n) is 8.46. The average molecular weight is 365 g/mol. The van der Waals surface area contributed by atoms with Crippen molar-refractivity contribution in [2.75, 3.05) is 7.05 Å². The average Bonchev–Trinajstić information content (AvgIpc) is 2.83. The van der Waals surface area contributed by atoms with Gasteiger partial charge in [0.25, 0.3) is 5.91 Å². The van der Waals surface area contributed by atoms with Crippen LogP contribution in [0.5, 0.6) is 0 Å². The molecule has 2 aliphatic heterocycles. The summed E-state index contributed by atoms with van der Waals surface area (Å²) in [5.41, 5.74) is 1.82. The van der Waals surface area contributed by atoms with Crippen LogP contribution < -0.4 is 10.8 Å². The molecular weight excluding hydrogens is 338 g/mol. The quantitative estimate of drug-likeness (QED) is 0.787. The van der Waals surface area contributed by atoms with Gasteiger partial charge in [0, 0.05) is 17.1 Å². The molecular formula is C18H26BClN2O3. The Labute approximate surface area is 154 Å². The Hall–Kier alpha value is -1.08. The lowest BCUT2D eigenvalue weighted by atomic mass is 9.77. The fraction of sp³-hybridized carbons (Fsp3) is 0.611. The van der Waals surface area contributed by atoms with Crippen molar-refractivity contribution in [2.24, 2.45) is 0 Å². The molecule has 0 atom stereocenters. The highest BCUT2D eigenvalue weighted by molar-refractivity contribution is 6.61. The lowest BCUT2D eigenvalue weighted by Gasteiger charge is -2.53. The first kappa shape index (κ1) is 18.7. The van der Waals surface area contributed by atoms with Crippen LogP contribution in [0.3, 0.4) is 0 Å². The maximum absolute atomic E-state index is 12.8. The van der Waals surface area contributed by atoms with Crippen LogP contribution >= 0.6 is 11.6 Å². The summed E-state index contributed by atoms with van der Waals surface area (Å²) < 4.78 is 5.19. The SMILES string of the molecule is CN1C(C)(C)CC(NC(=O)c2cc3c(cc2Cl)COB3O)CC1(C)C. The molecule has 2 N–H and O–H groups in total. The van der Waals surface area contributed by atoms with E-state index in [1.165, 1.54) is 0 Å². The van der Waals surface area contributed by atoms with E-state index in [0.717, 1.165) is 18.4 Å². The van der Waals surface area contributed by atoms with Gasteiger partial charge in [-0.05, 0) is 70.7 Å². The van der Waals surface area contributed by atoms with Gasteiger partial charge in [-0.1, -0.05) is 11.6 Å². The van der Waals surface area contributed by atoms with E-state index in [0.29, 0.717) is 22.7 Å². The number of fused-ring (bicyclic) bond motifs is 1. The molecule has 136 valence electrons. The Balaban J connectivity index is 1.80. The first-order chi connectivity index (χ1) is 11.5. The molecule has 0 bridgehead atoms. The van der Waals surface area contributed by atoms with Crippen molar-refractivity contribution >= 4 is 30.1 Å². The zero-order chi connectivity index (χ0) is 18.6. The van der Waals surface area contributed by atoms with Crippen molar-refractivity contribution in [1.29, 1.82) is 0 Å².